The molecule has 3 aromatic carbocycles. The summed E-state index contributed by atoms with van der Waals surface area (Å²) in [5.74, 6) is -0.672. The van der Waals surface area contributed by atoms with Crippen LogP contribution >= 0.6 is 0 Å². The summed E-state index contributed by atoms with van der Waals surface area (Å²) in [7, 11) is 0. The molecule has 2 heterocycles. The predicted molar refractivity (Wildman–Crippen MR) is 114 cm³/mol. The molecule has 6 heteroatoms. The number of rotatable bonds is 4. The van der Waals surface area contributed by atoms with Crippen molar-refractivity contribution < 1.29 is 18.7 Å². The van der Waals surface area contributed by atoms with Gasteiger partial charge in [-0.05, 0) is 37.3 Å². The van der Waals surface area contributed by atoms with Crippen molar-refractivity contribution in [2.75, 3.05) is 10.6 Å². The first kappa shape index (κ1) is 18.0. The number of anilines is 2. The van der Waals surface area contributed by atoms with Crippen LogP contribution < -0.4 is 10.6 Å². The highest BCUT2D eigenvalue weighted by atomic mass is 16.6. The van der Waals surface area contributed by atoms with E-state index in [0.717, 1.165) is 16.5 Å². The molecule has 0 spiro atoms. The Morgan fingerprint density at radius 3 is 2.50 bits per heavy atom. The minimum absolute atomic E-state index is 0.122. The van der Waals surface area contributed by atoms with Gasteiger partial charge in [0.2, 0.25) is 12.0 Å². The third-order valence-electron chi connectivity index (χ3n) is 5.07. The minimum atomic E-state index is -0.708. The fraction of sp³-hybridized carbons (Fsp3) is 0.0833. The first-order chi connectivity index (χ1) is 14.6. The number of benzene rings is 3. The van der Waals surface area contributed by atoms with Crippen molar-refractivity contribution in [3.8, 4) is 0 Å². The summed E-state index contributed by atoms with van der Waals surface area (Å²) in [6.45, 7) is 1.98. The highest BCUT2D eigenvalue weighted by Gasteiger charge is 2.33. The number of furan rings is 1. The van der Waals surface area contributed by atoms with Gasteiger partial charge in [0.25, 0.3) is 5.91 Å². The number of carbonyl (C=O) groups excluding carboxylic acids is 2. The second-order valence-corrected chi connectivity index (χ2v) is 7.14. The number of ether oxygens (including phenoxy) is 1. The fourth-order valence-electron chi connectivity index (χ4n) is 3.56. The van der Waals surface area contributed by atoms with Crippen LogP contribution in [0.1, 0.15) is 38.3 Å². The molecule has 1 amide bonds. The van der Waals surface area contributed by atoms with Gasteiger partial charge in [0, 0.05) is 16.6 Å². The van der Waals surface area contributed by atoms with Crippen molar-refractivity contribution in [3.05, 3.63) is 95.2 Å². The van der Waals surface area contributed by atoms with E-state index >= 15 is 0 Å². The molecule has 0 saturated carbocycles. The van der Waals surface area contributed by atoms with Crippen LogP contribution in [-0.4, -0.2) is 11.9 Å². The zero-order valence-corrected chi connectivity index (χ0v) is 16.1. The molecule has 2 N–H and O–H groups in total. The standard InChI is InChI=1S/C24H18N2O4/c1-14-10-12-15(13-11-14)25-22(27)21-20(18-8-4-5-9-19(18)29-21)26-23-16-6-2-3-7-17(16)24(28)30-23/h2-13,23,26H,1H3,(H,25,27). The molecule has 0 saturated heterocycles. The first-order valence-corrected chi connectivity index (χ1v) is 9.56. The van der Waals surface area contributed by atoms with E-state index in [2.05, 4.69) is 10.6 Å². The van der Waals surface area contributed by atoms with Crippen molar-refractivity contribution in [3.63, 3.8) is 0 Å². The Kier molecular flexibility index (Phi) is 4.25. The molecule has 0 fully saturated rings. The average molecular weight is 398 g/mol. The number of para-hydroxylation sites is 1. The monoisotopic (exact) mass is 398 g/mol. The molecular weight excluding hydrogens is 380 g/mol. The van der Waals surface area contributed by atoms with Crippen LogP contribution in [0.3, 0.4) is 0 Å². The van der Waals surface area contributed by atoms with Crippen LogP contribution in [0.15, 0.2) is 77.2 Å². The highest BCUT2D eigenvalue weighted by Crippen LogP contribution is 2.37. The number of esters is 1. The average Bonchev–Trinajstić information content (AvgIpc) is 3.28. The van der Waals surface area contributed by atoms with Gasteiger partial charge in [0.05, 0.1) is 11.3 Å². The van der Waals surface area contributed by atoms with Gasteiger partial charge in [-0.1, -0.05) is 48.0 Å². The third-order valence-corrected chi connectivity index (χ3v) is 5.07. The van der Waals surface area contributed by atoms with Gasteiger partial charge >= 0.3 is 5.97 Å². The zero-order chi connectivity index (χ0) is 20.7. The van der Waals surface area contributed by atoms with E-state index in [1.165, 1.54) is 0 Å². The summed E-state index contributed by atoms with van der Waals surface area (Å²) in [5, 5.41) is 6.79. The number of amides is 1. The number of nitrogens with one attached hydrogen (secondary N) is 2. The van der Waals surface area contributed by atoms with E-state index in [-0.39, 0.29) is 5.76 Å². The summed E-state index contributed by atoms with van der Waals surface area (Å²) in [6, 6.07) is 22.0. The van der Waals surface area contributed by atoms with Gasteiger partial charge in [-0.3, -0.25) is 4.79 Å². The van der Waals surface area contributed by atoms with Crippen LogP contribution in [0.25, 0.3) is 11.0 Å². The molecule has 1 aliphatic heterocycles. The molecule has 0 aliphatic carbocycles. The maximum atomic E-state index is 13.0. The van der Waals surface area contributed by atoms with Crippen LogP contribution in [0.5, 0.6) is 0 Å². The van der Waals surface area contributed by atoms with Gasteiger partial charge in [-0.25, -0.2) is 4.79 Å². The van der Waals surface area contributed by atoms with Crippen LogP contribution in [0, 0.1) is 6.92 Å². The van der Waals surface area contributed by atoms with Crippen molar-refractivity contribution in [1.29, 1.82) is 0 Å². The molecule has 1 atom stereocenters. The molecule has 6 nitrogen and oxygen atoms in total. The molecule has 0 radical (unpaired) electrons. The number of carbonyl (C=O) groups is 2. The van der Waals surface area contributed by atoms with Gasteiger partial charge in [-0.15, -0.1) is 0 Å². The van der Waals surface area contributed by atoms with Gasteiger partial charge < -0.3 is 19.8 Å². The Labute approximate surface area is 172 Å². The van der Waals surface area contributed by atoms with Gasteiger partial charge in [0.15, 0.2) is 0 Å². The number of fused-ring (bicyclic) bond motifs is 2. The summed E-state index contributed by atoms with van der Waals surface area (Å²) in [5.41, 5.74) is 4.03. The number of aryl methyl sites for hydroxylation is 1. The molecule has 1 unspecified atom stereocenters. The third kappa shape index (κ3) is 3.08. The lowest BCUT2D eigenvalue weighted by molar-refractivity contribution is 0.0437. The lowest BCUT2D eigenvalue weighted by Gasteiger charge is -2.14. The van der Waals surface area contributed by atoms with Crippen molar-refractivity contribution in [2.45, 2.75) is 13.2 Å². The molecule has 0 bridgehead atoms. The highest BCUT2D eigenvalue weighted by molar-refractivity contribution is 6.11. The van der Waals surface area contributed by atoms with Gasteiger partial charge in [-0.2, -0.15) is 0 Å². The van der Waals surface area contributed by atoms with E-state index < -0.39 is 18.1 Å². The van der Waals surface area contributed by atoms with E-state index in [9.17, 15) is 9.59 Å². The second kappa shape index (κ2) is 7.08. The Hall–Kier alpha value is -4.06. The normalized spacial score (nSPS) is 15.0. The molecule has 5 rings (SSSR count). The predicted octanol–water partition coefficient (Wildman–Crippen LogP) is 5.27. The number of hydrogen-bond acceptors (Lipinski definition) is 5. The summed E-state index contributed by atoms with van der Waals surface area (Å²) in [4.78, 5) is 25.2. The zero-order valence-electron chi connectivity index (χ0n) is 16.1. The topological polar surface area (TPSA) is 80.6 Å². The van der Waals surface area contributed by atoms with E-state index in [4.69, 9.17) is 9.15 Å². The smallest absolute Gasteiger partial charge is 0.340 e. The molecule has 30 heavy (non-hydrogen) atoms. The van der Waals surface area contributed by atoms with Crippen LogP contribution in [0.4, 0.5) is 11.4 Å². The van der Waals surface area contributed by atoms with E-state index in [1.54, 1.807) is 18.2 Å². The Balaban J connectivity index is 1.52. The number of cyclic esters (lactones) is 1. The largest absolute Gasteiger partial charge is 0.449 e. The maximum absolute atomic E-state index is 13.0. The van der Waals surface area contributed by atoms with Crippen LogP contribution in [0.2, 0.25) is 0 Å². The van der Waals surface area contributed by atoms with E-state index in [0.29, 0.717) is 22.5 Å². The minimum Gasteiger partial charge on any atom is -0.449 e. The summed E-state index contributed by atoms with van der Waals surface area (Å²) < 4.78 is 11.4. The lowest BCUT2D eigenvalue weighted by atomic mass is 10.1. The van der Waals surface area contributed by atoms with Gasteiger partial charge in [0.1, 0.15) is 5.58 Å². The molecule has 1 aliphatic rings. The fourth-order valence-corrected chi connectivity index (χ4v) is 3.56. The van der Waals surface area contributed by atoms with Crippen molar-refractivity contribution in [2.24, 2.45) is 0 Å². The maximum Gasteiger partial charge on any atom is 0.340 e. The quantitative estimate of drug-likeness (QED) is 0.458. The Bertz CT molecular complexity index is 1270. The van der Waals surface area contributed by atoms with Crippen LogP contribution in [-0.2, 0) is 4.74 Å². The molecule has 148 valence electrons. The number of hydrogen-bond donors (Lipinski definition) is 2. The van der Waals surface area contributed by atoms with Crippen molar-refractivity contribution in [1.82, 2.24) is 0 Å². The SMILES string of the molecule is Cc1ccc(NC(=O)c2oc3ccccc3c2NC2OC(=O)c3ccccc32)cc1. The summed E-state index contributed by atoms with van der Waals surface area (Å²) >= 11 is 0. The molecule has 1 aromatic heterocycles. The second-order valence-electron chi connectivity index (χ2n) is 7.14. The molecular formula is C24H18N2O4. The first-order valence-electron chi connectivity index (χ1n) is 9.56. The summed E-state index contributed by atoms with van der Waals surface area (Å²) in [6.07, 6.45) is -0.708. The van der Waals surface area contributed by atoms with E-state index in [1.807, 2.05) is 61.5 Å². The lowest BCUT2D eigenvalue weighted by Crippen LogP contribution is -2.16. The van der Waals surface area contributed by atoms with Crippen molar-refractivity contribution >= 4 is 34.2 Å². The molecule has 4 aromatic rings. The Morgan fingerprint density at radius 2 is 1.67 bits per heavy atom. The Morgan fingerprint density at radius 1 is 0.933 bits per heavy atom.